The van der Waals surface area contributed by atoms with Crippen LogP contribution in [0.3, 0.4) is 0 Å². The van der Waals surface area contributed by atoms with E-state index in [0.717, 1.165) is 18.4 Å². The van der Waals surface area contributed by atoms with Crippen molar-refractivity contribution in [1.82, 2.24) is 0 Å². The van der Waals surface area contributed by atoms with Gasteiger partial charge in [0.05, 0.1) is 24.4 Å². The Labute approximate surface area is 59.5 Å². The molecule has 5 atom stereocenters. The molecule has 0 amide bonds. The average molecular weight is 138 g/mol. The monoisotopic (exact) mass is 138 g/mol. The molecule has 0 unspecified atom stereocenters. The summed E-state index contributed by atoms with van der Waals surface area (Å²) in [5, 5.41) is 0. The number of hydrogen-bond acceptors (Lipinski definition) is 2. The van der Waals surface area contributed by atoms with Gasteiger partial charge in [-0.2, -0.15) is 0 Å². The molecule has 0 N–H and O–H groups in total. The van der Waals surface area contributed by atoms with Crippen LogP contribution in [-0.2, 0) is 9.47 Å². The highest BCUT2D eigenvalue weighted by Crippen LogP contribution is 2.65. The molecule has 0 aromatic heterocycles. The lowest BCUT2D eigenvalue weighted by Crippen LogP contribution is -2.25. The molecular formula is C8H10O2. The zero-order chi connectivity index (χ0) is 6.34. The molecule has 4 aliphatic rings. The van der Waals surface area contributed by atoms with Gasteiger partial charge < -0.3 is 9.47 Å². The second-order valence-electron chi connectivity index (χ2n) is 4.23. The number of rotatable bonds is 0. The molecule has 2 nitrogen and oxygen atoms in total. The third kappa shape index (κ3) is 0.330. The molecule has 0 radical (unpaired) electrons. The number of hydrogen-bond donors (Lipinski definition) is 0. The average Bonchev–Trinajstić information content (AvgIpc) is 2.77. The molecule has 4 fully saturated rings. The van der Waals surface area contributed by atoms with Crippen molar-refractivity contribution in [1.29, 1.82) is 0 Å². The lowest BCUT2D eigenvalue weighted by atomic mass is 9.89. The van der Waals surface area contributed by atoms with Crippen LogP contribution in [0.2, 0.25) is 0 Å². The summed E-state index contributed by atoms with van der Waals surface area (Å²) in [4.78, 5) is 0. The fraction of sp³-hybridized carbons (Fsp3) is 1.00. The van der Waals surface area contributed by atoms with Gasteiger partial charge in [0.15, 0.2) is 0 Å². The summed E-state index contributed by atoms with van der Waals surface area (Å²) in [7, 11) is 0. The van der Waals surface area contributed by atoms with Crippen LogP contribution in [0.4, 0.5) is 0 Å². The van der Waals surface area contributed by atoms with Gasteiger partial charge in [-0.1, -0.05) is 0 Å². The van der Waals surface area contributed by atoms with Gasteiger partial charge in [0.25, 0.3) is 0 Å². The minimum atomic E-state index is 0.350. The highest BCUT2D eigenvalue weighted by molar-refractivity contribution is 5.21. The summed E-state index contributed by atoms with van der Waals surface area (Å²) < 4.78 is 11.0. The van der Waals surface area contributed by atoms with Crippen LogP contribution in [0.5, 0.6) is 0 Å². The van der Waals surface area contributed by atoms with Crippen LogP contribution in [0.1, 0.15) is 12.8 Å². The second kappa shape index (κ2) is 1.07. The first-order valence-electron chi connectivity index (χ1n) is 4.18. The van der Waals surface area contributed by atoms with Gasteiger partial charge in [0, 0.05) is 5.92 Å². The van der Waals surface area contributed by atoms with Crippen molar-refractivity contribution in [3.63, 3.8) is 0 Å². The standard InChI is InChI=1S/C8H10O2/c1-4-2-8(3-9-8)5(1)7-6(4)10-7/h4-7H,1-3H2/t4-,5-,6+,7+,8-/m0/s1. The number of epoxide rings is 2. The van der Waals surface area contributed by atoms with Gasteiger partial charge >= 0.3 is 0 Å². The summed E-state index contributed by atoms with van der Waals surface area (Å²) in [5.74, 6) is 1.67. The molecule has 2 heterocycles. The van der Waals surface area contributed by atoms with Crippen LogP contribution in [0.25, 0.3) is 0 Å². The Morgan fingerprint density at radius 3 is 2.80 bits per heavy atom. The van der Waals surface area contributed by atoms with Crippen LogP contribution in [0.15, 0.2) is 0 Å². The largest absolute Gasteiger partial charge is 0.369 e. The second-order valence-corrected chi connectivity index (χ2v) is 4.23. The van der Waals surface area contributed by atoms with E-state index in [1.54, 1.807) is 0 Å². The molecule has 2 aliphatic heterocycles. The fourth-order valence-corrected chi connectivity index (χ4v) is 3.17. The van der Waals surface area contributed by atoms with Crippen molar-refractivity contribution < 1.29 is 9.47 Å². The first-order chi connectivity index (χ1) is 4.89. The Kier molecular flexibility index (Phi) is 0.504. The summed E-state index contributed by atoms with van der Waals surface area (Å²) in [6.07, 6.45) is 4.00. The van der Waals surface area contributed by atoms with Crippen LogP contribution < -0.4 is 0 Å². The summed E-state index contributed by atoms with van der Waals surface area (Å²) in [6, 6.07) is 0. The summed E-state index contributed by atoms with van der Waals surface area (Å²) in [5.41, 5.74) is 0.350. The lowest BCUT2D eigenvalue weighted by Gasteiger charge is -2.12. The Balaban J connectivity index is 1.84. The molecule has 2 saturated heterocycles. The van der Waals surface area contributed by atoms with Crippen molar-refractivity contribution in [2.75, 3.05) is 6.61 Å². The maximum atomic E-state index is 5.54. The van der Waals surface area contributed by atoms with E-state index in [9.17, 15) is 0 Å². The maximum absolute atomic E-state index is 5.54. The molecule has 2 saturated carbocycles. The first kappa shape index (κ1) is 4.73. The Hall–Kier alpha value is -0.0800. The Bertz CT molecular complexity index is 209. The van der Waals surface area contributed by atoms with Gasteiger partial charge in [-0.05, 0) is 18.8 Å². The molecule has 10 heavy (non-hydrogen) atoms. The molecular weight excluding hydrogens is 128 g/mol. The number of ether oxygens (including phenoxy) is 2. The summed E-state index contributed by atoms with van der Waals surface area (Å²) >= 11 is 0. The molecule has 2 bridgehead atoms. The normalized spacial score (nSPS) is 74.4. The van der Waals surface area contributed by atoms with Gasteiger partial charge in [-0.3, -0.25) is 0 Å². The van der Waals surface area contributed by atoms with E-state index < -0.39 is 0 Å². The molecule has 2 aliphatic carbocycles. The van der Waals surface area contributed by atoms with E-state index in [1.165, 1.54) is 12.8 Å². The zero-order valence-electron chi connectivity index (χ0n) is 5.75. The molecule has 0 aromatic carbocycles. The van der Waals surface area contributed by atoms with E-state index in [1.807, 2.05) is 0 Å². The smallest absolute Gasteiger partial charge is 0.0973 e. The van der Waals surface area contributed by atoms with E-state index in [0.29, 0.717) is 17.8 Å². The van der Waals surface area contributed by atoms with Crippen molar-refractivity contribution in [3.05, 3.63) is 0 Å². The predicted molar refractivity (Wildman–Crippen MR) is 33.6 cm³/mol. The van der Waals surface area contributed by atoms with Crippen LogP contribution in [-0.4, -0.2) is 24.4 Å². The predicted octanol–water partition coefficient (Wildman–Crippen LogP) is 0.563. The van der Waals surface area contributed by atoms with Gasteiger partial charge in [-0.15, -0.1) is 0 Å². The van der Waals surface area contributed by atoms with Gasteiger partial charge in [0.1, 0.15) is 0 Å². The highest BCUT2D eigenvalue weighted by atomic mass is 16.6. The first-order valence-corrected chi connectivity index (χ1v) is 4.18. The van der Waals surface area contributed by atoms with Crippen molar-refractivity contribution >= 4 is 0 Å². The quantitative estimate of drug-likeness (QED) is 0.457. The van der Waals surface area contributed by atoms with Gasteiger partial charge in [0.2, 0.25) is 0 Å². The van der Waals surface area contributed by atoms with Crippen molar-refractivity contribution in [2.24, 2.45) is 11.8 Å². The SMILES string of the molecule is C1[C@H]2C[C@]3(CO3)[C@@H]1[C@H]1O[C@H]21. The van der Waals surface area contributed by atoms with E-state index >= 15 is 0 Å². The topological polar surface area (TPSA) is 25.1 Å². The van der Waals surface area contributed by atoms with Crippen LogP contribution in [0, 0.1) is 11.8 Å². The molecule has 2 heteroatoms. The molecule has 0 aromatic rings. The van der Waals surface area contributed by atoms with Crippen LogP contribution >= 0.6 is 0 Å². The highest BCUT2D eigenvalue weighted by Gasteiger charge is 2.73. The lowest BCUT2D eigenvalue weighted by molar-refractivity contribution is 0.206. The fourth-order valence-electron chi connectivity index (χ4n) is 3.17. The molecule has 1 spiro atoms. The third-order valence-electron chi connectivity index (χ3n) is 3.78. The van der Waals surface area contributed by atoms with Gasteiger partial charge in [-0.25, -0.2) is 0 Å². The molecule has 4 rings (SSSR count). The zero-order valence-corrected chi connectivity index (χ0v) is 5.75. The Morgan fingerprint density at radius 1 is 1.30 bits per heavy atom. The minimum absolute atomic E-state index is 0.350. The van der Waals surface area contributed by atoms with E-state index in [2.05, 4.69) is 0 Å². The van der Waals surface area contributed by atoms with Crippen molar-refractivity contribution in [3.8, 4) is 0 Å². The summed E-state index contributed by atoms with van der Waals surface area (Å²) in [6.45, 7) is 1.03. The maximum Gasteiger partial charge on any atom is 0.0973 e. The minimum Gasteiger partial charge on any atom is -0.369 e. The van der Waals surface area contributed by atoms with Crippen molar-refractivity contribution in [2.45, 2.75) is 30.7 Å². The van der Waals surface area contributed by atoms with E-state index in [-0.39, 0.29) is 0 Å². The third-order valence-corrected chi connectivity index (χ3v) is 3.78. The Morgan fingerprint density at radius 2 is 2.20 bits per heavy atom. The number of fused-ring (bicyclic) bond motifs is 6. The molecule has 54 valence electrons. The van der Waals surface area contributed by atoms with E-state index in [4.69, 9.17) is 9.47 Å².